The highest BCUT2D eigenvalue weighted by molar-refractivity contribution is 6.30. The minimum atomic E-state index is -0.576. The third kappa shape index (κ3) is 8.23. The highest BCUT2D eigenvalue weighted by atomic mass is 35.5. The summed E-state index contributed by atoms with van der Waals surface area (Å²) in [7, 11) is 0. The molecule has 16 heavy (non-hydrogen) atoms. The lowest BCUT2D eigenvalue weighted by Gasteiger charge is -2.07. The van der Waals surface area contributed by atoms with Crippen LogP contribution in [0.5, 0.6) is 0 Å². The first-order valence-electron chi connectivity index (χ1n) is 5.11. The average molecular weight is 249 g/mol. The number of amides is 2. The van der Waals surface area contributed by atoms with Crippen molar-refractivity contribution in [2.24, 2.45) is 0 Å². The van der Waals surface area contributed by atoms with E-state index in [9.17, 15) is 14.4 Å². The number of carbonyl (C=O) groups is 3. The second-order valence-corrected chi connectivity index (χ2v) is 4.11. The first kappa shape index (κ1) is 14.9. The van der Waals surface area contributed by atoms with Crippen LogP contribution in [0.4, 0.5) is 0 Å². The summed E-state index contributed by atoms with van der Waals surface area (Å²) in [6.45, 7) is 3.69. The minimum absolute atomic E-state index is 0.0144. The number of carbonyl (C=O) groups excluding carboxylic acids is 3. The lowest BCUT2D eigenvalue weighted by atomic mass is 10.2. The quantitative estimate of drug-likeness (QED) is 0.500. The van der Waals surface area contributed by atoms with Gasteiger partial charge in [0.05, 0.1) is 0 Å². The van der Waals surface area contributed by atoms with Crippen LogP contribution < -0.4 is 10.6 Å². The highest BCUT2D eigenvalue weighted by Crippen LogP contribution is 1.91. The second kappa shape index (κ2) is 8.10. The molecule has 2 N–H and O–H groups in total. The lowest BCUT2D eigenvalue weighted by Crippen LogP contribution is -2.37. The van der Waals surface area contributed by atoms with E-state index in [1.165, 1.54) is 6.92 Å². The maximum atomic E-state index is 11.1. The number of rotatable bonds is 7. The summed E-state index contributed by atoms with van der Waals surface area (Å²) in [5.74, 6) is -0.470. The molecule has 0 aromatic rings. The van der Waals surface area contributed by atoms with Gasteiger partial charge in [0.25, 0.3) is 0 Å². The molecule has 0 rings (SSSR count). The molecule has 0 aliphatic rings. The topological polar surface area (TPSA) is 75.3 Å². The predicted molar refractivity (Wildman–Crippen MR) is 61.2 cm³/mol. The largest absolute Gasteiger partial charge is 0.354 e. The summed E-state index contributed by atoms with van der Waals surface area (Å²) in [6.07, 6.45) is 0.437. The van der Waals surface area contributed by atoms with Gasteiger partial charge in [0.15, 0.2) is 0 Å². The molecule has 5 nitrogen and oxygen atoms in total. The molecule has 0 heterocycles. The number of hydrogen-bond acceptors (Lipinski definition) is 3. The second-order valence-electron chi connectivity index (χ2n) is 3.46. The molecule has 0 aromatic carbocycles. The van der Waals surface area contributed by atoms with E-state index in [0.717, 1.165) is 0 Å². The fourth-order valence-electron chi connectivity index (χ4n) is 0.906. The summed E-state index contributed by atoms with van der Waals surface area (Å²) in [5, 5.41) is 4.56. The molecule has 0 radical (unpaired) electrons. The van der Waals surface area contributed by atoms with Gasteiger partial charge < -0.3 is 15.4 Å². The molecule has 2 amide bonds. The van der Waals surface area contributed by atoms with Gasteiger partial charge in [0, 0.05) is 25.9 Å². The van der Waals surface area contributed by atoms with Gasteiger partial charge in [0.2, 0.25) is 11.8 Å². The molecule has 1 unspecified atom stereocenters. The third-order valence-corrected chi connectivity index (χ3v) is 2.01. The standard InChI is InChI=1S/C10H17ClN2O3/c1-7(14)3-4-9(15)12-5-6-13-10(16)8(2)11/h8H,3-6H2,1-2H3,(H,12,15)(H,13,16). The molecule has 6 heteroatoms. The molecule has 0 spiro atoms. The fraction of sp³-hybridized carbons (Fsp3) is 0.700. The predicted octanol–water partition coefficient (Wildman–Crippen LogP) is 0.215. The van der Waals surface area contributed by atoms with Gasteiger partial charge in [-0.2, -0.15) is 0 Å². The molecule has 1 atom stereocenters. The zero-order valence-electron chi connectivity index (χ0n) is 9.51. The maximum absolute atomic E-state index is 11.1. The Morgan fingerprint density at radius 2 is 1.69 bits per heavy atom. The Hall–Kier alpha value is -1.10. The van der Waals surface area contributed by atoms with Crippen molar-refractivity contribution in [3.8, 4) is 0 Å². The molecule has 92 valence electrons. The van der Waals surface area contributed by atoms with E-state index >= 15 is 0 Å². The number of nitrogens with one attached hydrogen (secondary N) is 2. The van der Waals surface area contributed by atoms with Crippen LogP contribution in [-0.2, 0) is 14.4 Å². The van der Waals surface area contributed by atoms with Crippen molar-refractivity contribution >= 4 is 29.2 Å². The Labute approximate surface area is 99.9 Å². The molecular weight excluding hydrogens is 232 g/mol. The van der Waals surface area contributed by atoms with Gasteiger partial charge in [-0.15, -0.1) is 11.6 Å². The molecule has 0 saturated carbocycles. The van der Waals surface area contributed by atoms with Crippen LogP contribution >= 0.6 is 11.6 Å². The maximum Gasteiger partial charge on any atom is 0.237 e. The number of ketones is 1. The van der Waals surface area contributed by atoms with Crippen molar-refractivity contribution in [1.82, 2.24) is 10.6 Å². The molecule has 0 aliphatic carbocycles. The van der Waals surface area contributed by atoms with Crippen molar-refractivity contribution in [1.29, 1.82) is 0 Å². The lowest BCUT2D eigenvalue weighted by molar-refractivity contribution is -0.124. The van der Waals surface area contributed by atoms with Gasteiger partial charge in [0.1, 0.15) is 11.2 Å². The molecule has 0 fully saturated rings. The van der Waals surface area contributed by atoms with Crippen LogP contribution in [0.15, 0.2) is 0 Å². The smallest absolute Gasteiger partial charge is 0.237 e. The first-order chi connectivity index (χ1) is 7.43. The molecular formula is C10H17ClN2O3. The van der Waals surface area contributed by atoms with E-state index in [0.29, 0.717) is 13.1 Å². The van der Waals surface area contributed by atoms with Crippen LogP contribution in [-0.4, -0.2) is 36.1 Å². The van der Waals surface area contributed by atoms with E-state index < -0.39 is 5.38 Å². The van der Waals surface area contributed by atoms with Crippen molar-refractivity contribution in [3.05, 3.63) is 0 Å². The SMILES string of the molecule is CC(=O)CCC(=O)NCCNC(=O)C(C)Cl. The van der Waals surface area contributed by atoms with E-state index in [-0.39, 0.29) is 30.4 Å². The summed E-state index contributed by atoms with van der Waals surface area (Å²) in [5.41, 5.74) is 0. The Kier molecular flexibility index (Phi) is 7.54. The third-order valence-electron chi connectivity index (χ3n) is 1.81. The normalized spacial score (nSPS) is 11.7. The van der Waals surface area contributed by atoms with Gasteiger partial charge in [-0.3, -0.25) is 9.59 Å². The van der Waals surface area contributed by atoms with Crippen LogP contribution in [0.2, 0.25) is 0 Å². The molecule has 0 aromatic heterocycles. The van der Waals surface area contributed by atoms with Crippen LogP contribution in [0.25, 0.3) is 0 Å². The summed E-state index contributed by atoms with van der Waals surface area (Å²) in [4.78, 5) is 32.7. The van der Waals surface area contributed by atoms with E-state index in [1.807, 2.05) is 0 Å². The minimum Gasteiger partial charge on any atom is -0.354 e. The number of halogens is 1. The average Bonchev–Trinajstić information content (AvgIpc) is 2.20. The monoisotopic (exact) mass is 248 g/mol. The first-order valence-corrected chi connectivity index (χ1v) is 5.55. The molecule has 0 aliphatic heterocycles. The van der Waals surface area contributed by atoms with Gasteiger partial charge in [-0.1, -0.05) is 0 Å². The van der Waals surface area contributed by atoms with Crippen LogP contribution in [0.3, 0.4) is 0 Å². The van der Waals surface area contributed by atoms with Crippen LogP contribution in [0, 0.1) is 0 Å². The number of Topliss-reactive ketones (excluding diaryl/α,β-unsaturated/α-hetero) is 1. The van der Waals surface area contributed by atoms with E-state index in [1.54, 1.807) is 6.92 Å². The van der Waals surface area contributed by atoms with Crippen LogP contribution in [0.1, 0.15) is 26.7 Å². The summed E-state index contributed by atoms with van der Waals surface area (Å²) in [6, 6.07) is 0. The number of alkyl halides is 1. The molecule has 0 saturated heterocycles. The number of hydrogen-bond donors (Lipinski definition) is 2. The Bertz CT molecular complexity index is 267. The van der Waals surface area contributed by atoms with Crippen molar-refractivity contribution in [3.63, 3.8) is 0 Å². The van der Waals surface area contributed by atoms with Gasteiger partial charge >= 0.3 is 0 Å². The zero-order chi connectivity index (χ0) is 12.6. The Morgan fingerprint density at radius 3 is 2.19 bits per heavy atom. The van der Waals surface area contributed by atoms with Gasteiger partial charge in [-0.25, -0.2) is 0 Å². The molecule has 0 bridgehead atoms. The van der Waals surface area contributed by atoms with Crippen molar-refractivity contribution in [2.75, 3.05) is 13.1 Å². The zero-order valence-corrected chi connectivity index (χ0v) is 10.3. The Balaban J connectivity index is 3.48. The van der Waals surface area contributed by atoms with Gasteiger partial charge in [-0.05, 0) is 13.8 Å². The summed E-state index contributed by atoms with van der Waals surface area (Å²) < 4.78 is 0. The fourth-order valence-corrected chi connectivity index (χ4v) is 0.983. The van der Waals surface area contributed by atoms with E-state index in [4.69, 9.17) is 11.6 Å². The van der Waals surface area contributed by atoms with Crippen molar-refractivity contribution in [2.45, 2.75) is 32.1 Å². The Morgan fingerprint density at radius 1 is 1.12 bits per heavy atom. The highest BCUT2D eigenvalue weighted by Gasteiger charge is 2.07. The van der Waals surface area contributed by atoms with E-state index in [2.05, 4.69) is 10.6 Å². The van der Waals surface area contributed by atoms with Crippen molar-refractivity contribution < 1.29 is 14.4 Å². The summed E-state index contributed by atoms with van der Waals surface area (Å²) >= 11 is 5.52.